The van der Waals surface area contributed by atoms with E-state index in [1.54, 1.807) is 6.20 Å². The van der Waals surface area contributed by atoms with Crippen molar-refractivity contribution < 1.29 is 21.6 Å². The van der Waals surface area contributed by atoms with Gasteiger partial charge in [0, 0.05) is 19.4 Å². The van der Waals surface area contributed by atoms with E-state index in [0.717, 1.165) is 6.67 Å². The van der Waals surface area contributed by atoms with E-state index in [9.17, 15) is 21.6 Å². The van der Waals surface area contributed by atoms with E-state index in [1.165, 1.54) is 0 Å². The molecule has 0 aromatic carbocycles. The van der Waals surface area contributed by atoms with E-state index in [0.29, 0.717) is 0 Å². The first kappa shape index (κ1) is 14.8. The van der Waals surface area contributed by atoms with Crippen molar-refractivity contribution in [3.63, 3.8) is 0 Å². The third-order valence-electron chi connectivity index (χ3n) is 1.46. The Bertz CT molecular complexity index is 364. The van der Waals surface area contributed by atoms with Gasteiger partial charge in [0.25, 0.3) is 0 Å². The largest absolute Gasteiger partial charge is 0.511 e. The minimum Gasteiger partial charge on any atom is -0.361 e. The minimum absolute atomic E-state index is 0.934. The molecule has 16 heavy (non-hydrogen) atoms. The maximum absolute atomic E-state index is 10.8. The average molecular weight is 259 g/mol. The molecule has 0 aromatic rings. The highest BCUT2D eigenvalue weighted by Crippen LogP contribution is 2.18. The van der Waals surface area contributed by atoms with E-state index in [1.807, 2.05) is 24.3 Å². The van der Waals surface area contributed by atoms with Crippen LogP contribution in [0, 0.1) is 0 Å². The molecule has 0 unspecified atom stereocenters. The Labute approximate surface area is 91.7 Å². The Morgan fingerprint density at radius 1 is 1.44 bits per heavy atom. The molecule has 94 valence electrons. The number of alkyl halides is 3. The van der Waals surface area contributed by atoms with Crippen LogP contribution in [0.4, 0.5) is 13.2 Å². The van der Waals surface area contributed by atoms with E-state index in [-0.39, 0.29) is 0 Å². The van der Waals surface area contributed by atoms with Gasteiger partial charge in [-0.1, -0.05) is 6.58 Å². The predicted octanol–water partition coefficient (Wildman–Crippen LogP) is 0.601. The summed E-state index contributed by atoms with van der Waals surface area (Å²) >= 11 is 0. The van der Waals surface area contributed by atoms with Crippen LogP contribution in [0.5, 0.6) is 0 Å². The molecule has 0 radical (unpaired) electrons. The zero-order valence-corrected chi connectivity index (χ0v) is 9.29. The molecule has 0 saturated carbocycles. The van der Waals surface area contributed by atoms with Crippen LogP contribution in [-0.4, -0.2) is 37.4 Å². The zero-order valence-electron chi connectivity index (χ0n) is 8.48. The van der Waals surface area contributed by atoms with Gasteiger partial charge in [-0.3, -0.25) is 0 Å². The van der Waals surface area contributed by atoms with Crippen LogP contribution >= 0.6 is 0 Å². The molecular formula is C7H12F3N3O2S. The van der Waals surface area contributed by atoms with Gasteiger partial charge < -0.3 is 9.80 Å². The van der Waals surface area contributed by atoms with Crippen molar-refractivity contribution in [2.24, 2.45) is 5.14 Å². The average Bonchev–Trinajstić information content (AvgIpc) is 2.48. The molecule has 1 heterocycles. The molecule has 0 aliphatic carbocycles. The fourth-order valence-electron chi connectivity index (χ4n) is 0.670. The fraction of sp³-hybridized carbons (Fsp3) is 0.429. The van der Waals surface area contributed by atoms with Gasteiger partial charge in [0.05, 0.1) is 6.67 Å². The number of hydrogen-bond acceptors (Lipinski definition) is 4. The molecule has 2 N–H and O–H groups in total. The lowest BCUT2D eigenvalue weighted by atomic mass is 10.8. The number of halogens is 3. The monoisotopic (exact) mass is 259 g/mol. The normalized spacial score (nSPS) is 15.8. The lowest BCUT2D eigenvalue weighted by molar-refractivity contribution is -0.0436. The molecule has 0 saturated heterocycles. The summed E-state index contributed by atoms with van der Waals surface area (Å²) in [6, 6.07) is 0. The SMILES string of the molecule is C=CN1C=CN(C)C1.NS(=O)(=O)C(F)(F)F. The number of hydrogen-bond donors (Lipinski definition) is 1. The van der Waals surface area contributed by atoms with Gasteiger partial charge in [-0.2, -0.15) is 13.2 Å². The molecule has 5 nitrogen and oxygen atoms in total. The number of nitrogens with two attached hydrogens (primary N) is 1. The van der Waals surface area contributed by atoms with Gasteiger partial charge in [0.1, 0.15) is 0 Å². The van der Waals surface area contributed by atoms with Crippen LogP contribution in [-0.2, 0) is 10.0 Å². The first-order valence-electron chi connectivity index (χ1n) is 3.94. The smallest absolute Gasteiger partial charge is 0.361 e. The van der Waals surface area contributed by atoms with Gasteiger partial charge in [0.2, 0.25) is 0 Å². The minimum atomic E-state index is -5.34. The van der Waals surface area contributed by atoms with Crippen molar-refractivity contribution >= 4 is 10.0 Å². The van der Waals surface area contributed by atoms with E-state index >= 15 is 0 Å². The van der Waals surface area contributed by atoms with Crippen LogP contribution in [0.1, 0.15) is 0 Å². The van der Waals surface area contributed by atoms with Crippen LogP contribution < -0.4 is 5.14 Å². The summed E-state index contributed by atoms with van der Waals surface area (Å²) in [6.07, 6.45) is 5.81. The van der Waals surface area contributed by atoms with Crippen LogP contribution in [0.2, 0.25) is 0 Å². The van der Waals surface area contributed by atoms with Crippen LogP contribution in [0.25, 0.3) is 0 Å². The molecular weight excluding hydrogens is 247 g/mol. The molecule has 0 atom stereocenters. The molecule has 0 spiro atoms. The van der Waals surface area contributed by atoms with Crippen LogP contribution in [0.15, 0.2) is 25.2 Å². The van der Waals surface area contributed by atoms with Gasteiger partial charge in [-0.25, -0.2) is 13.6 Å². The van der Waals surface area contributed by atoms with Gasteiger partial charge in [0.15, 0.2) is 0 Å². The Hall–Kier alpha value is -1.22. The van der Waals surface area contributed by atoms with E-state index in [2.05, 4.69) is 16.6 Å². The van der Waals surface area contributed by atoms with Gasteiger partial charge >= 0.3 is 15.5 Å². The second-order valence-corrected chi connectivity index (χ2v) is 4.44. The quantitative estimate of drug-likeness (QED) is 0.749. The van der Waals surface area contributed by atoms with E-state index in [4.69, 9.17) is 0 Å². The molecule has 0 fully saturated rings. The standard InChI is InChI=1S/C6H10N2.CH2F3NO2S/c1-3-8-5-4-7(2)6-8;2-1(3,4)8(5,6)7/h3-5H,1,6H2,2H3;(H2,5,6,7). The van der Waals surface area contributed by atoms with Gasteiger partial charge in [-0.05, 0) is 6.20 Å². The molecule has 9 heteroatoms. The highest BCUT2D eigenvalue weighted by molar-refractivity contribution is 7.90. The summed E-state index contributed by atoms with van der Waals surface area (Å²) in [5.41, 5.74) is -5.31. The molecule has 0 aromatic heterocycles. The molecule has 1 aliphatic rings. The number of primary sulfonamides is 1. The van der Waals surface area contributed by atoms with Crippen LogP contribution in [0.3, 0.4) is 0 Å². The Morgan fingerprint density at radius 3 is 2.00 bits per heavy atom. The first-order chi connectivity index (χ1) is 7.08. The summed E-state index contributed by atoms with van der Waals surface area (Å²) in [5.74, 6) is 0. The fourth-order valence-corrected chi connectivity index (χ4v) is 0.670. The van der Waals surface area contributed by atoms with Crippen molar-refractivity contribution in [2.75, 3.05) is 13.7 Å². The molecule has 0 bridgehead atoms. The number of nitrogens with zero attached hydrogens (tertiary/aromatic N) is 2. The Kier molecular flexibility index (Phi) is 4.81. The molecule has 0 amide bonds. The van der Waals surface area contributed by atoms with Crippen molar-refractivity contribution in [3.8, 4) is 0 Å². The van der Waals surface area contributed by atoms with Crippen molar-refractivity contribution in [2.45, 2.75) is 5.51 Å². The summed E-state index contributed by atoms with van der Waals surface area (Å²) in [4.78, 5) is 4.10. The lowest BCUT2D eigenvalue weighted by Crippen LogP contribution is -2.30. The maximum Gasteiger partial charge on any atom is 0.511 e. The summed E-state index contributed by atoms with van der Waals surface area (Å²) < 4.78 is 51.2. The summed E-state index contributed by atoms with van der Waals surface area (Å²) in [7, 11) is -3.31. The highest BCUT2D eigenvalue weighted by Gasteiger charge is 2.42. The van der Waals surface area contributed by atoms with Crippen molar-refractivity contribution in [3.05, 3.63) is 25.2 Å². The number of sulfonamides is 1. The zero-order chi connectivity index (χ0) is 13.0. The Balaban J connectivity index is 0.000000281. The molecule has 1 aliphatic heterocycles. The summed E-state index contributed by atoms with van der Waals surface area (Å²) in [6.45, 7) is 4.56. The second-order valence-electron chi connectivity index (χ2n) is 2.88. The summed E-state index contributed by atoms with van der Waals surface area (Å²) in [5, 5.41) is 3.66. The third-order valence-corrected chi connectivity index (χ3v) is 2.10. The highest BCUT2D eigenvalue weighted by atomic mass is 32.2. The molecule has 1 rings (SSSR count). The van der Waals surface area contributed by atoms with Gasteiger partial charge in [-0.15, -0.1) is 0 Å². The third kappa shape index (κ3) is 5.03. The number of rotatable bonds is 1. The predicted molar refractivity (Wildman–Crippen MR) is 53.0 cm³/mol. The van der Waals surface area contributed by atoms with Crippen molar-refractivity contribution in [1.82, 2.24) is 9.80 Å². The lowest BCUT2D eigenvalue weighted by Gasteiger charge is -2.11. The van der Waals surface area contributed by atoms with Crippen molar-refractivity contribution in [1.29, 1.82) is 0 Å². The second kappa shape index (κ2) is 5.21. The van der Waals surface area contributed by atoms with E-state index < -0.39 is 15.5 Å². The Morgan fingerprint density at radius 2 is 1.88 bits per heavy atom. The maximum atomic E-state index is 10.8. The topological polar surface area (TPSA) is 66.6 Å². The first-order valence-corrected chi connectivity index (χ1v) is 5.48.